The molecule has 0 radical (unpaired) electrons. The fourth-order valence-corrected chi connectivity index (χ4v) is 18.5. The molecule has 0 aliphatic heterocycles. The van der Waals surface area contributed by atoms with Crippen LogP contribution in [-0.4, -0.2) is 13.3 Å². The molecule has 0 bridgehead atoms. The number of hydrogen-bond donors (Lipinski definition) is 0. The summed E-state index contributed by atoms with van der Waals surface area (Å²) in [6.45, 7) is 12.0. The van der Waals surface area contributed by atoms with E-state index in [0.717, 1.165) is 0 Å². The fourth-order valence-electron chi connectivity index (χ4n) is 4.13. The SMILES string of the molecule is CCCC[CH](CCC)[Ge]([CH2]CCC)([CH2]CCC)[CH2]CCC. The third kappa shape index (κ3) is 8.67. The summed E-state index contributed by atoms with van der Waals surface area (Å²) >= 11 is -1.65. The monoisotopic (exact) mass is 358 g/mol. The predicted octanol–water partition coefficient (Wildman–Crippen LogP) is 8.20. The third-order valence-electron chi connectivity index (χ3n) is 5.49. The summed E-state index contributed by atoms with van der Waals surface area (Å²) in [6, 6.07) is 0. The van der Waals surface area contributed by atoms with Crippen LogP contribution in [0, 0.1) is 0 Å². The molecule has 0 N–H and O–H groups in total. The zero-order valence-electron chi connectivity index (χ0n) is 16.0. The maximum absolute atomic E-state index is 2.42. The van der Waals surface area contributed by atoms with Crippen molar-refractivity contribution in [2.45, 2.75) is 126 Å². The molecule has 0 saturated carbocycles. The van der Waals surface area contributed by atoms with Crippen LogP contribution in [0.2, 0.25) is 20.5 Å². The molecule has 0 aliphatic carbocycles. The van der Waals surface area contributed by atoms with Crippen LogP contribution in [0.4, 0.5) is 0 Å². The molecule has 0 aromatic rings. The van der Waals surface area contributed by atoms with Crippen molar-refractivity contribution in [3.63, 3.8) is 0 Å². The van der Waals surface area contributed by atoms with Gasteiger partial charge in [0, 0.05) is 0 Å². The Bertz CT molecular complexity index is 190. The van der Waals surface area contributed by atoms with E-state index in [2.05, 4.69) is 34.6 Å². The van der Waals surface area contributed by atoms with Crippen LogP contribution in [0.3, 0.4) is 0 Å². The standard InChI is InChI=1S/C20H44Ge/c1-6-11-16-20(15-10-5)21(17-12-7-2,18-13-8-3)19-14-9-4/h20H,6-19H2,1-5H3. The second kappa shape index (κ2) is 14.2. The van der Waals surface area contributed by atoms with Crippen molar-refractivity contribution in [2.75, 3.05) is 0 Å². The quantitative estimate of drug-likeness (QED) is 0.259. The molecule has 0 spiro atoms. The van der Waals surface area contributed by atoms with E-state index in [-0.39, 0.29) is 0 Å². The van der Waals surface area contributed by atoms with Gasteiger partial charge in [-0.25, -0.2) is 0 Å². The Kier molecular flexibility index (Phi) is 14.5. The Morgan fingerprint density at radius 1 is 0.524 bits per heavy atom. The van der Waals surface area contributed by atoms with Gasteiger partial charge < -0.3 is 0 Å². The molecule has 0 heterocycles. The minimum atomic E-state index is -1.65. The second-order valence-electron chi connectivity index (χ2n) is 7.30. The van der Waals surface area contributed by atoms with Gasteiger partial charge >= 0.3 is 139 Å². The average Bonchev–Trinajstić information content (AvgIpc) is 2.51. The van der Waals surface area contributed by atoms with E-state index in [1.165, 1.54) is 62.5 Å². The Morgan fingerprint density at radius 3 is 1.29 bits per heavy atom. The van der Waals surface area contributed by atoms with Crippen LogP contribution in [0.1, 0.15) is 105 Å². The molecule has 0 aliphatic rings. The summed E-state index contributed by atoms with van der Waals surface area (Å²) in [6.07, 6.45) is 16.3. The molecule has 1 atom stereocenters. The van der Waals surface area contributed by atoms with Gasteiger partial charge in [0.2, 0.25) is 0 Å². The van der Waals surface area contributed by atoms with E-state index in [4.69, 9.17) is 0 Å². The van der Waals surface area contributed by atoms with Gasteiger partial charge in [-0.1, -0.05) is 0 Å². The van der Waals surface area contributed by atoms with Crippen LogP contribution in [0.25, 0.3) is 0 Å². The van der Waals surface area contributed by atoms with E-state index in [0.29, 0.717) is 0 Å². The van der Waals surface area contributed by atoms with E-state index >= 15 is 0 Å². The molecular formula is C20H44Ge. The van der Waals surface area contributed by atoms with Crippen LogP contribution in [0.15, 0.2) is 0 Å². The van der Waals surface area contributed by atoms with Gasteiger partial charge in [-0.2, -0.15) is 0 Å². The van der Waals surface area contributed by atoms with E-state index < -0.39 is 13.3 Å². The first-order chi connectivity index (χ1) is 10.2. The molecule has 0 fully saturated rings. The summed E-state index contributed by atoms with van der Waals surface area (Å²) < 4.78 is 1.18. The van der Waals surface area contributed by atoms with Crippen molar-refractivity contribution >= 4 is 13.3 Å². The fraction of sp³-hybridized carbons (Fsp3) is 1.00. The molecule has 128 valence electrons. The van der Waals surface area contributed by atoms with E-state index in [1.807, 2.05) is 0 Å². The van der Waals surface area contributed by atoms with Gasteiger partial charge in [-0.3, -0.25) is 0 Å². The zero-order chi connectivity index (χ0) is 16.0. The van der Waals surface area contributed by atoms with Gasteiger partial charge in [0.25, 0.3) is 0 Å². The van der Waals surface area contributed by atoms with Crippen molar-refractivity contribution in [2.24, 2.45) is 0 Å². The van der Waals surface area contributed by atoms with Crippen molar-refractivity contribution in [3.8, 4) is 0 Å². The molecule has 0 rings (SSSR count). The van der Waals surface area contributed by atoms with Crippen LogP contribution < -0.4 is 0 Å². The molecule has 0 aromatic heterocycles. The molecule has 0 saturated heterocycles. The van der Waals surface area contributed by atoms with Gasteiger partial charge in [-0.15, -0.1) is 0 Å². The molecule has 1 heteroatoms. The summed E-state index contributed by atoms with van der Waals surface area (Å²) in [4.78, 5) is 0. The Balaban J connectivity index is 5.08. The summed E-state index contributed by atoms with van der Waals surface area (Å²) in [5, 5.41) is 5.06. The predicted molar refractivity (Wildman–Crippen MR) is 103 cm³/mol. The Labute approximate surface area is 139 Å². The number of unbranched alkanes of at least 4 members (excludes halogenated alkanes) is 4. The first-order valence-corrected chi connectivity index (χ1v) is 15.9. The molecule has 0 amide bonds. The van der Waals surface area contributed by atoms with Gasteiger partial charge in [0.05, 0.1) is 0 Å². The topological polar surface area (TPSA) is 0 Å². The van der Waals surface area contributed by atoms with Crippen molar-refractivity contribution in [1.82, 2.24) is 0 Å². The molecular weight excluding hydrogens is 313 g/mol. The molecule has 1 unspecified atom stereocenters. The molecule has 0 aromatic carbocycles. The first kappa shape index (κ1) is 21.5. The van der Waals surface area contributed by atoms with E-state index in [1.54, 1.807) is 28.6 Å². The van der Waals surface area contributed by atoms with Crippen molar-refractivity contribution in [1.29, 1.82) is 0 Å². The normalized spacial score (nSPS) is 13.6. The van der Waals surface area contributed by atoms with Crippen molar-refractivity contribution in [3.05, 3.63) is 0 Å². The second-order valence-corrected chi connectivity index (χ2v) is 17.9. The average molecular weight is 357 g/mol. The van der Waals surface area contributed by atoms with Crippen LogP contribution in [0.5, 0.6) is 0 Å². The zero-order valence-corrected chi connectivity index (χ0v) is 18.1. The number of hydrogen-bond acceptors (Lipinski definition) is 0. The van der Waals surface area contributed by atoms with E-state index in [9.17, 15) is 0 Å². The Hall–Kier alpha value is 0.543. The van der Waals surface area contributed by atoms with Crippen molar-refractivity contribution < 1.29 is 0 Å². The molecule has 21 heavy (non-hydrogen) atoms. The van der Waals surface area contributed by atoms with Gasteiger partial charge in [0.1, 0.15) is 0 Å². The third-order valence-corrected chi connectivity index (χ3v) is 18.8. The number of rotatable bonds is 15. The summed E-state index contributed by atoms with van der Waals surface area (Å²) in [5.74, 6) is 0. The minimum absolute atomic E-state index is 1.18. The Morgan fingerprint density at radius 2 is 0.952 bits per heavy atom. The molecule has 0 nitrogen and oxygen atoms in total. The van der Waals surface area contributed by atoms with Gasteiger partial charge in [0.15, 0.2) is 0 Å². The summed E-state index contributed by atoms with van der Waals surface area (Å²) in [5.41, 5.74) is 0. The van der Waals surface area contributed by atoms with Crippen LogP contribution >= 0.6 is 0 Å². The van der Waals surface area contributed by atoms with Crippen LogP contribution in [-0.2, 0) is 0 Å². The first-order valence-electron chi connectivity index (χ1n) is 10.2. The summed E-state index contributed by atoms with van der Waals surface area (Å²) in [7, 11) is 0. The maximum atomic E-state index is 2.42. The van der Waals surface area contributed by atoms with Gasteiger partial charge in [-0.05, 0) is 0 Å².